The van der Waals surface area contributed by atoms with Crippen molar-refractivity contribution in [3.05, 3.63) is 35.6 Å². The number of alkyl halides is 1. The fourth-order valence-corrected chi connectivity index (χ4v) is 1.58. The van der Waals surface area contributed by atoms with E-state index in [1.54, 1.807) is 12.1 Å². The Labute approximate surface area is 95.6 Å². The molecule has 0 spiro atoms. The molecule has 0 amide bonds. The number of hydrogen-bond acceptors (Lipinski definition) is 1. The minimum atomic E-state index is -0.178. The van der Waals surface area contributed by atoms with E-state index >= 15 is 0 Å². The van der Waals surface area contributed by atoms with Crippen molar-refractivity contribution in [2.75, 3.05) is 5.88 Å². The van der Waals surface area contributed by atoms with Crippen LogP contribution in [0.25, 0.3) is 0 Å². The van der Waals surface area contributed by atoms with E-state index in [0.29, 0.717) is 18.5 Å². The summed E-state index contributed by atoms with van der Waals surface area (Å²) >= 11 is 5.61. The Bertz CT molecular complexity index is 291. The largest absolute Gasteiger partial charge is 0.310 e. The number of rotatable bonds is 6. The smallest absolute Gasteiger partial charge is 0.123 e. The molecule has 0 aliphatic carbocycles. The molecule has 0 aromatic heterocycles. The predicted molar refractivity (Wildman–Crippen MR) is 62.7 cm³/mol. The highest BCUT2D eigenvalue weighted by atomic mass is 35.5. The van der Waals surface area contributed by atoms with E-state index in [2.05, 4.69) is 12.2 Å². The van der Waals surface area contributed by atoms with E-state index in [1.807, 2.05) is 6.07 Å². The van der Waals surface area contributed by atoms with Crippen LogP contribution >= 0.6 is 11.6 Å². The summed E-state index contributed by atoms with van der Waals surface area (Å²) in [5.74, 6) is 0.522. The van der Waals surface area contributed by atoms with Crippen LogP contribution in [0.1, 0.15) is 25.3 Å². The van der Waals surface area contributed by atoms with Gasteiger partial charge in [0, 0.05) is 18.5 Å². The molecule has 3 heteroatoms. The summed E-state index contributed by atoms with van der Waals surface area (Å²) in [7, 11) is 0. The second-order valence-electron chi connectivity index (χ2n) is 3.74. The van der Waals surface area contributed by atoms with Gasteiger partial charge in [-0.25, -0.2) is 4.39 Å². The lowest BCUT2D eigenvalue weighted by Crippen LogP contribution is -2.25. The van der Waals surface area contributed by atoms with E-state index in [1.165, 1.54) is 6.07 Å². The zero-order chi connectivity index (χ0) is 11.1. The van der Waals surface area contributed by atoms with Gasteiger partial charge in [0.1, 0.15) is 5.82 Å². The molecule has 0 saturated carbocycles. The van der Waals surface area contributed by atoms with Crippen LogP contribution in [0.2, 0.25) is 0 Å². The van der Waals surface area contributed by atoms with Crippen LogP contribution in [0.3, 0.4) is 0 Å². The van der Waals surface area contributed by atoms with Gasteiger partial charge in [-0.05, 0) is 37.5 Å². The van der Waals surface area contributed by atoms with Crippen LogP contribution in [-0.4, -0.2) is 11.9 Å². The Morgan fingerprint density at radius 1 is 1.47 bits per heavy atom. The zero-order valence-corrected chi connectivity index (χ0v) is 9.73. The molecular formula is C12H17ClFN. The molecule has 0 heterocycles. The van der Waals surface area contributed by atoms with Gasteiger partial charge in [-0.15, -0.1) is 11.6 Å². The van der Waals surface area contributed by atoms with Crippen molar-refractivity contribution in [1.29, 1.82) is 0 Å². The van der Waals surface area contributed by atoms with Gasteiger partial charge < -0.3 is 5.32 Å². The highest BCUT2D eigenvalue weighted by Crippen LogP contribution is 2.04. The quantitative estimate of drug-likeness (QED) is 0.738. The molecule has 1 N–H and O–H groups in total. The maximum Gasteiger partial charge on any atom is 0.123 e. The number of halogens is 2. The summed E-state index contributed by atoms with van der Waals surface area (Å²) in [5, 5.41) is 3.34. The average Bonchev–Trinajstić information content (AvgIpc) is 2.23. The number of nitrogens with one attached hydrogen (secondary N) is 1. The Morgan fingerprint density at radius 2 is 2.27 bits per heavy atom. The summed E-state index contributed by atoms with van der Waals surface area (Å²) in [4.78, 5) is 0. The summed E-state index contributed by atoms with van der Waals surface area (Å²) in [6.07, 6.45) is 2.07. The predicted octanol–water partition coefficient (Wildman–Crippen LogP) is 3.32. The molecular weight excluding hydrogens is 213 g/mol. The Kier molecular flexibility index (Phi) is 5.66. The van der Waals surface area contributed by atoms with Gasteiger partial charge in [0.2, 0.25) is 0 Å². The molecule has 0 aliphatic rings. The molecule has 0 bridgehead atoms. The van der Waals surface area contributed by atoms with E-state index in [9.17, 15) is 4.39 Å². The van der Waals surface area contributed by atoms with Crippen LogP contribution in [0, 0.1) is 5.82 Å². The second kappa shape index (κ2) is 6.81. The summed E-state index contributed by atoms with van der Waals surface area (Å²) in [5.41, 5.74) is 0.979. The minimum Gasteiger partial charge on any atom is -0.310 e. The van der Waals surface area contributed by atoms with Crippen molar-refractivity contribution in [2.24, 2.45) is 0 Å². The molecule has 0 saturated heterocycles. The van der Waals surface area contributed by atoms with Gasteiger partial charge in [-0.3, -0.25) is 0 Å². The molecule has 1 rings (SSSR count). The van der Waals surface area contributed by atoms with Crippen molar-refractivity contribution in [3.63, 3.8) is 0 Å². The maximum atomic E-state index is 12.8. The monoisotopic (exact) mass is 229 g/mol. The summed E-state index contributed by atoms with van der Waals surface area (Å²) < 4.78 is 12.8. The molecule has 1 aromatic rings. The zero-order valence-electron chi connectivity index (χ0n) is 8.97. The lowest BCUT2D eigenvalue weighted by atomic mass is 10.1. The molecule has 1 atom stereocenters. The molecule has 0 fully saturated rings. The van der Waals surface area contributed by atoms with Gasteiger partial charge in [0.25, 0.3) is 0 Å². The third-order valence-corrected chi connectivity index (χ3v) is 2.58. The first-order valence-corrected chi connectivity index (χ1v) is 5.79. The lowest BCUT2D eigenvalue weighted by molar-refractivity contribution is 0.508. The summed E-state index contributed by atoms with van der Waals surface area (Å²) in [6, 6.07) is 7.09. The Balaban J connectivity index is 2.30. The normalized spacial score (nSPS) is 12.7. The van der Waals surface area contributed by atoms with Gasteiger partial charge in [0.15, 0.2) is 0 Å². The van der Waals surface area contributed by atoms with Gasteiger partial charge in [0.05, 0.1) is 0 Å². The minimum absolute atomic E-state index is 0.178. The summed E-state index contributed by atoms with van der Waals surface area (Å²) in [6.45, 7) is 2.83. The van der Waals surface area contributed by atoms with E-state index in [0.717, 1.165) is 18.4 Å². The van der Waals surface area contributed by atoms with Crippen molar-refractivity contribution in [1.82, 2.24) is 5.32 Å². The first-order chi connectivity index (χ1) is 7.22. The van der Waals surface area contributed by atoms with Crippen LogP contribution in [0.5, 0.6) is 0 Å². The van der Waals surface area contributed by atoms with Crippen LogP contribution < -0.4 is 5.32 Å². The fraction of sp³-hybridized carbons (Fsp3) is 0.500. The van der Waals surface area contributed by atoms with E-state index in [4.69, 9.17) is 11.6 Å². The second-order valence-corrected chi connectivity index (χ2v) is 4.12. The molecule has 0 radical (unpaired) electrons. The van der Waals surface area contributed by atoms with Crippen molar-refractivity contribution in [3.8, 4) is 0 Å². The van der Waals surface area contributed by atoms with E-state index < -0.39 is 0 Å². The molecule has 15 heavy (non-hydrogen) atoms. The standard InChI is InChI=1S/C12H17ClFN/c1-10(4-3-7-13)15-9-11-5-2-6-12(14)8-11/h2,5-6,8,10,15H,3-4,7,9H2,1H3. The van der Waals surface area contributed by atoms with Gasteiger partial charge in [-0.1, -0.05) is 12.1 Å². The van der Waals surface area contributed by atoms with Crippen molar-refractivity contribution in [2.45, 2.75) is 32.4 Å². The van der Waals surface area contributed by atoms with Crippen molar-refractivity contribution < 1.29 is 4.39 Å². The highest BCUT2D eigenvalue weighted by Gasteiger charge is 2.01. The number of hydrogen-bond donors (Lipinski definition) is 1. The van der Waals surface area contributed by atoms with Crippen LogP contribution in [0.15, 0.2) is 24.3 Å². The first-order valence-electron chi connectivity index (χ1n) is 5.26. The highest BCUT2D eigenvalue weighted by molar-refractivity contribution is 6.17. The lowest BCUT2D eigenvalue weighted by Gasteiger charge is -2.12. The van der Waals surface area contributed by atoms with Crippen LogP contribution in [0.4, 0.5) is 4.39 Å². The molecule has 1 unspecified atom stereocenters. The molecule has 0 aliphatic heterocycles. The third kappa shape index (κ3) is 5.14. The fourth-order valence-electron chi connectivity index (χ4n) is 1.42. The average molecular weight is 230 g/mol. The third-order valence-electron chi connectivity index (χ3n) is 2.31. The van der Waals surface area contributed by atoms with Crippen molar-refractivity contribution >= 4 is 11.6 Å². The Morgan fingerprint density at radius 3 is 2.93 bits per heavy atom. The van der Waals surface area contributed by atoms with Gasteiger partial charge >= 0.3 is 0 Å². The van der Waals surface area contributed by atoms with E-state index in [-0.39, 0.29) is 5.82 Å². The SMILES string of the molecule is CC(CCCCl)NCc1cccc(F)c1. The maximum absolute atomic E-state index is 12.8. The molecule has 84 valence electrons. The molecule has 1 nitrogen and oxygen atoms in total. The topological polar surface area (TPSA) is 12.0 Å². The van der Waals surface area contributed by atoms with Crippen LogP contribution in [-0.2, 0) is 6.54 Å². The molecule has 1 aromatic carbocycles. The number of benzene rings is 1. The van der Waals surface area contributed by atoms with Gasteiger partial charge in [-0.2, -0.15) is 0 Å². The first kappa shape index (κ1) is 12.5. The Hall–Kier alpha value is -0.600.